The highest BCUT2D eigenvalue weighted by Crippen LogP contribution is 2.39. The fourth-order valence-electron chi connectivity index (χ4n) is 2.36. The summed E-state index contributed by atoms with van der Waals surface area (Å²) in [6.07, 6.45) is 2.76. The first-order chi connectivity index (χ1) is 6.12. The van der Waals surface area contributed by atoms with Crippen molar-refractivity contribution in [2.24, 2.45) is 11.8 Å². The SMILES string of the molecule is CC1CC1CN(C)C1(C)CCNC1. The van der Waals surface area contributed by atoms with Gasteiger partial charge in [0.2, 0.25) is 0 Å². The topological polar surface area (TPSA) is 15.3 Å². The molecule has 76 valence electrons. The van der Waals surface area contributed by atoms with Crippen LogP contribution in [0.2, 0.25) is 0 Å². The summed E-state index contributed by atoms with van der Waals surface area (Å²) in [6, 6.07) is 0. The van der Waals surface area contributed by atoms with Gasteiger partial charge in [0.15, 0.2) is 0 Å². The highest BCUT2D eigenvalue weighted by molar-refractivity contribution is 4.95. The highest BCUT2D eigenvalue weighted by Gasteiger charge is 2.39. The fourth-order valence-corrected chi connectivity index (χ4v) is 2.36. The van der Waals surface area contributed by atoms with E-state index >= 15 is 0 Å². The van der Waals surface area contributed by atoms with E-state index in [1.54, 1.807) is 0 Å². The van der Waals surface area contributed by atoms with Crippen molar-refractivity contribution in [3.05, 3.63) is 0 Å². The Bertz CT molecular complexity index is 185. The first kappa shape index (κ1) is 9.47. The summed E-state index contributed by atoms with van der Waals surface area (Å²) in [5.41, 5.74) is 0.433. The molecule has 3 atom stereocenters. The minimum Gasteiger partial charge on any atom is -0.315 e. The maximum absolute atomic E-state index is 3.46. The van der Waals surface area contributed by atoms with E-state index in [1.807, 2.05) is 0 Å². The third kappa shape index (κ3) is 1.89. The van der Waals surface area contributed by atoms with Gasteiger partial charge in [-0.05, 0) is 45.2 Å². The predicted octanol–water partition coefficient (Wildman–Crippen LogP) is 1.33. The Labute approximate surface area is 81.7 Å². The van der Waals surface area contributed by atoms with E-state index in [-0.39, 0.29) is 0 Å². The minimum absolute atomic E-state index is 0.433. The van der Waals surface area contributed by atoms with Gasteiger partial charge in [0.05, 0.1) is 0 Å². The Morgan fingerprint density at radius 2 is 2.23 bits per heavy atom. The van der Waals surface area contributed by atoms with Crippen LogP contribution < -0.4 is 5.32 Å². The molecule has 1 saturated heterocycles. The zero-order valence-electron chi connectivity index (χ0n) is 9.14. The summed E-state index contributed by atoms with van der Waals surface area (Å²) >= 11 is 0. The van der Waals surface area contributed by atoms with Gasteiger partial charge in [-0.3, -0.25) is 4.90 Å². The van der Waals surface area contributed by atoms with Crippen molar-refractivity contribution >= 4 is 0 Å². The summed E-state index contributed by atoms with van der Waals surface area (Å²) < 4.78 is 0. The number of nitrogens with zero attached hydrogens (tertiary/aromatic N) is 1. The van der Waals surface area contributed by atoms with Crippen LogP contribution in [-0.2, 0) is 0 Å². The van der Waals surface area contributed by atoms with Gasteiger partial charge >= 0.3 is 0 Å². The lowest BCUT2D eigenvalue weighted by Crippen LogP contribution is -2.46. The average molecular weight is 182 g/mol. The number of hydrogen-bond donors (Lipinski definition) is 1. The van der Waals surface area contributed by atoms with Crippen molar-refractivity contribution in [3.63, 3.8) is 0 Å². The number of rotatable bonds is 3. The van der Waals surface area contributed by atoms with Crippen LogP contribution in [0.5, 0.6) is 0 Å². The lowest BCUT2D eigenvalue weighted by molar-refractivity contribution is 0.148. The van der Waals surface area contributed by atoms with Gasteiger partial charge in [-0.25, -0.2) is 0 Å². The molecule has 1 N–H and O–H groups in total. The second kappa shape index (κ2) is 3.25. The number of hydrogen-bond acceptors (Lipinski definition) is 2. The molecule has 2 nitrogen and oxygen atoms in total. The second-order valence-corrected chi connectivity index (χ2v) is 5.28. The summed E-state index contributed by atoms with van der Waals surface area (Å²) in [4.78, 5) is 2.57. The fraction of sp³-hybridized carbons (Fsp3) is 1.00. The van der Waals surface area contributed by atoms with Gasteiger partial charge < -0.3 is 5.32 Å². The van der Waals surface area contributed by atoms with Crippen LogP contribution >= 0.6 is 0 Å². The molecule has 0 bridgehead atoms. The summed E-state index contributed by atoms with van der Waals surface area (Å²) in [5.74, 6) is 1.97. The molecule has 0 aromatic rings. The van der Waals surface area contributed by atoms with Crippen LogP contribution in [0.15, 0.2) is 0 Å². The molecular weight excluding hydrogens is 160 g/mol. The lowest BCUT2D eigenvalue weighted by atomic mass is 9.99. The maximum atomic E-state index is 3.46. The molecule has 0 aromatic heterocycles. The molecular formula is C11H22N2. The monoisotopic (exact) mass is 182 g/mol. The molecule has 0 radical (unpaired) electrons. The molecule has 13 heavy (non-hydrogen) atoms. The van der Waals surface area contributed by atoms with Gasteiger partial charge in [0.25, 0.3) is 0 Å². The van der Waals surface area contributed by atoms with E-state index in [0.29, 0.717) is 5.54 Å². The van der Waals surface area contributed by atoms with E-state index in [1.165, 1.54) is 32.5 Å². The van der Waals surface area contributed by atoms with Crippen molar-refractivity contribution in [2.45, 2.75) is 32.2 Å². The summed E-state index contributed by atoms with van der Waals surface area (Å²) in [6.45, 7) is 8.43. The summed E-state index contributed by atoms with van der Waals surface area (Å²) in [5, 5.41) is 3.46. The van der Waals surface area contributed by atoms with Crippen molar-refractivity contribution in [1.82, 2.24) is 10.2 Å². The van der Waals surface area contributed by atoms with Gasteiger partial charge in [0, 0.05) is 18.6 Å². The van der Waals surface area contributed by atoms with Crippen LogP contribution in [0.4, 0.5) is 0 Å². The van der Waals surface area contributed by atoms with E-state index in [2.05, 4.69) is 31.1 Å². The van der Waals surface area contributed by atoms with Crippen molar-refractivity contribution in [2.75, 3.05) is 26.7 Å². The van der Waals surface area contributed by atoms with Crippen LogP contribution in [0.3, 0.4) is 0 Å². The Morgan fingerprint density at radius 1 is 1.54 bits per heavy atom. The molecule has 1 aliphatic carbocycles. The van der Waals surface area contributed by atoms with Crippen molar-refractivity contribution in [1.29, 1.82) is 0 Å². The first-order valence-corrected chi connectivity index (χ1v) is 5.54. The first-order valence-electron chi connectivity index (χ1n) is 5.54. The van der Waals surface area contributed by atoms with E-state index in [9.17, 15) is 0 Å². The molecule has 3 unspecified atom stereocenters. The van der Waals surface area contributed by atoms with Gasteiger partial charge in [-0.1, -0.05) is 6.92 Å². The number of likely N-dealkylation sites (N-methyl/N-ethyl adjacent to an activating group) is 1. The number of nitrogens with one attached hydrogen (secondary N) is 1. The van der Waals surface area contributed by atoms with Crippen molar-refractivity contribution in [3.8, 4) is 0 Å². The van der Waals surface area contributed by atoms with E-state index < -0.39 is 0 Å². The molecule has 1 saturated carbocycles. The Balaban J connectivity index is 1.84. The molecule has 1 heterocycles. The van der Waals surface area contributed by atoms with Crippen LogP contribution in [0.25, 0.3) is 0 Å². The predicted molar refractivity (Wildman–Crippen MR) is 55.8 cm³/mol. The maximum Gasteiger partial charge on any atom is 0.0314 e. The highest BCUT2D eigenvalue weighted by atomic mass is 15.2. The molecule has 2 fully saturated rings. The molecule has 1 aliphatic heterocycles. The Morgan fingerprint density at radius 3 is 2.69 bits per heavy atom. The normalized spacial score (nSPS) is 44.3. The lowest BCUT2D eigenvalue weighted by Gasteiger charge is -2.35. The zero-order chi connectivity index (χ0) is 9.47. The molecule has 0 spiro atoms. The Kier molecular flexibility index (Phi) is 2.37. The second-order valence-electron chi connectivity index (χ2n) is 5.28. The average Bonchev–Trinajstić information content (AvgIpc) is 2.62. The largest absolute Gasteiger partial charge is 0.315 e. The van der Waals surface area contributed by atoms with Crippen LogP contribution in [0.1, 0.15) is 26.7 Å². The third-order valence-corrected chi connectivity index (χ3v) is 4.05. The van der Waals surface area contributed by atoms with Crippen LogP contribution in [0, 0.1) is 11.8 Å². The standard InChI is InChI=1S/C11H22N2/c1-9-6-10(9)7-13(3)11(2)4-5-12-8-11/h9-10,12H,4-8H2,1-3H3. The molecule has 2 aliphatic rings. The van der Waals surface area contributed by atoms with Gasteiger partial charge in [-0.2, -0.15) is 0 Å². The molecule has 2 rings (SSSR count). The van der Waals surface area contributed by atoms with Crippen molar-refractivity contribution < 1.29 is 0 Å². The van der Waals surface area contributed by atoms with E-state index in [0.717, 1.165) is 11.8 Å². The molecule has 0 amide bonds. The minimum atomic E-state index is 0.433. The van der Waals surface area contributed by atoms with Gasteiger partial charge in [0.1, 0.15) is 0 Å². The van der Waals surface area contributed by atoms with Crippen LogP contribution in [-0.4, -0.2) is 37.1 Å². The third-order valence-electron chi connectivity index (χ3n) is 4.05. The molecule has 0 aromatic carbocycles. The van der Waals surface area contributed by atoms with E-state index in [4.69, 9.17) is 0 Å². The zero-order valence-corrected chi connectivity index (χ0v) is 9.14. The Hall–Kier alpha value is -0.0800. The quantitative estimate of drug-likeness (QED) is 0.708. The summed E-state index contributed by atoms with van der Waals surface area (Å²) in [7, 11) is 2.29. The molecule has 2 heteroatoms. The van der Waals surface area contributed by atoms with Gasteiger partial charge in [-0.15, -0.1) is 0 Å². The smallest absolute Gasteiger partial charge is 0.0314 e.